The molecule has 0 radical (unpaired) electrons. The number of aromatic nitrogens is 1. The first-order chi connectivity index (χ1) is 6.73. The van der Waals surface area contributed by atoms with E-state index in [0.29, 0.717) is 5.41 Å². The lowest BCUT2D eigenvalue weighted by atomic mass is 9.65. The van der Waals surface area contributed by atoms with Crippen LogP contribution in [0.3, 0.4) is 0 Å². The van der Waals surface area contributed by atoms with Gasteiger partial charge in [0, 0.05) is 28.2 Å². The van der Waals surface area contributed by atoms with E-state index in [2.05, 4.69) is 33.2 Å². The van der Waals surface area contributed by atoms with E-state index in [1.165, 1.54) is 30.4 Å². The Morgan fingerprint density at radius 1 is 1.50 bits per heavy atom. The average molecular weight is 253 g/mol. The highest BCUT2D eigenvalue weighted by Gasteiger charge is 2.45. The minimum atomic E-state index is 0.427. The molecule has 1 N–H and O–H groups in total. The van der Waals surface area contributed by atoms with Crippen molar-refractivity contribution in [1.29, 1.82) is 0 Å². The second kappa shape index (κ2) is 2.72. The van der Waals surface area contributed by atoms with E-state index < -0.39 is 0 Å². The Morgan fingerprint density at radius 3 is 2.93 bits per heavy atom. The van der Waals surface area contributed by atoms with Gasteiger partial charge in [-0.15, -0.1) is 0 Å². The molecular formula is C11H13BrN2. The maximum absolute atomic E-state index is 4.44. The van der Waals surface area contributed by atoms with Crippen molar-refractivity contribution in [3.05, 3.63) is 21.8 Å². The normalized spacial score (nSPS) is 21.6. The quantitative estimate of drug-likeness (QED) is 0.768. The Kier molecular flexibility index (Phi) is 1.69. The SMILES string of the molecule is Cc1c(Br)cnc2c1C1(CCC1)CN2. The minimum Gasteiger partial charge on any atom is -0.369 e. The highest BCUT2D eigenvalue weighted by atomic mass is 79.9. The number of fused-ring (bicyclic) bond motifs is 2. The standard InChI is InChI=1S/C11H13BrN2/c1-7-8(12)5-13-10-9(7)11(6-14-10)3-2-4-11/h5H,2-4,6H2,1H3,(H,13,14). The van der Waals surface area contributed by atoms with Crippen LogP contribution in [0.5, 0.6) is 0 Å². The van der Waals surface area contributed by atoms with E-state index in [1.807, 2.05) is 6.20 Å². The first-order valence-electron chi connectivity index (χ1n) is 5.12. The summed E-state index contributed by atoms with van der Waals surface area (Å²) in [6, 6.07) is 0. The number of halogens is 1. The van der Waals surface area contributed by atoms with E-state index in [-0.39, 0.29) is 0 Å². The fourth-order valence-electron chi connectivity index (χ4n) is 2.73. The Hall–Kier alpha value is -0.570. The largest absolute Gasteiger partial charge is 0.369 e. The number of nitrogens with zero attached hydrogens (tertiary/aromatic N) is 1. The van der Waals surface area contributed by atoms with E-state index in [4.69, 9.17) is 0 Å². The van der Waals surface area contributed by atoms with Gasteiger partial charge in [-0.1, -0.05) is 6.42 Å². The summed E-state index contributed by atoms with van der Waals surface area (Å²) in [5.41, 5.74) is 3.27. The zero-order chi connectivity index (χ0) is 9.76. The molecule has 3 rings (SSSR count). The highest BCUT2D eigenvalue weighted by molar-refractivity contribution is 9.10. The van der Waals surface area contributed by atoms with Crippen LogP contribution in [0.25, 0.3) is 0 Å². The Bertz CT molecular complexity index is 397. The maximum Gasteiger partial charge on any atom is 0.130 e. The van der Waals surface area contributed by atoms with Crippen molar-refractivity contribution in [2.75, 3.05) is 11.9 Å². The molecule has 1 fully saturated rings. The topological polar surface area (TPSA) is 24.9 Å². The van der Waals surface area contributed by atoms with Crippen molar-refractivity contribution >= 4 is 21.7 Å². The molecule has 1 aliphatic heterocycles. The summed E-state index contributed by atoms with van der Waals surface area (Å²) in [4.78, 5) is 4.44. The minimum absolute atomic E-state index is 0.427. The molecule has 1 aromatic heterocycles. The number of anilines is 1. The molecule has 2 nitrogen and oxygen atoms in total. The summed E-state index contributed by atoms with van der Waals surface area (Å²) in [7, 11) is 0. The van der Waals surface area contributed by atoms with Gasteiger partial charge >= 0.3 is 0 Å². The van der Waals surface area contributed by atoms with Crippen molar-refractivity contribution in [1.82, 2.24) is 4.98 Å². The van der Waals surface area contributed by atoms with Gasteiger partial charge in [0.2, 0.25) is 0 Å². The average Bonchev–Trinajstić information content (AvgIpc) is 2.50. The molecule has 0 aromatic carbocycles. The third-order valence-electron chi connectivity index (χ3n) is 3.71. The third kappa shape index (κ3) is 0.937. The van der Waals surface area contributed by atoms with Crippen molar-refractivity contribution in [2.45, 2.75) is 31.6 Å². The van der Waals surface area contributed by atoms with Crippen LogP contribution in [0.15, 0.2) is 10.7 Å². The molecule has 3 heteroatoms. The predicted octanol–water partition coefficient (Wildman–Crippen LogP) is 3.00. The lowest BCUT2D eigenvalue weighted by Crippen LogP contribution is -2.36. The first-order valence-corrected chi connectivity index (χ1v) is 5.92. The van der Waals surface area contributed by atoms with Crippen LogP contribution in [-0.2, 0) is 5.41 Å². The van der Waals surface area contributed by atoms with E-state index >= 15 is 0 Å². The number of hydrogen-bond donors (Lipinski definition) is 1. The first kappa shape index (κ1) is 8.72. The Balaban J connectivity index is 2.21. The summed E-state index contributed by atoms with van der Waals surface area (Å²) < 4.78 is 1.14. The maximum atomic E-state index is 4.44. The summed E-state index contributed by atoms with van der Waals surface area (Å²) in [5, 5.41) is 3.43. The van der Waals surface area contributed by atoms with Crippen LogP contribution in [0.4, 0.5) is 5.82 Å². The zero-order valence-electron chi connectivity index (χ0n) is 8.23. The summed E-state index contributed by atoms with van der Waals surface area (Å²) in [5.74, 6) is 1.12. The fraction of sp³-hybridized carbons (Fsp3) is 0.545. The molecule has 14 heavy (non-hydrogen) atoms. The van der Waals surface area contributed by atoms with Gasteiger partial charge in [-0.3, -0.25) is 0 Å². The van der Waals surface area contributed by atoms with Crippen LogP contribution in [0, 0.1) is 6.92 Å². The fourth-order valence-corrected chi connectivity index (χ4v) is 3.03. The highest BCUT2D eigenvalue weighted by Crippen LogP contribution is 2.51. The molecule has 1 aromatic rings. The molecule has 1 aliphatic carbocycles. The molecule has 74 valence electrons. The van der Waals surface area contributed by atoms with Gasteiger partial charge in [-0.05, 0) is 41.3 Å². The molecule has 0 saturated heterocycles. The number of nitrogens with one attached hydrogen (secondary N) is 1. The number of hydrogen-bond acceptors (Lipinski definition) is 2. The Labute approximate surface area is 92.2 Å². The molecule has 1 spiro atoms. The number of rotatable bonds is 0. The van der Waals surface area contributed by atoms with Crippen LogP contribution in [0.1, 0.15) is 30.4 Å². The molecule has 1 saturated carbocycles. The summed E-state index contributed by atoms with van der Waals surface area (Å²) >= 11 is 3.56. The van der Waals surface area contributed by atoms with Crippen LogP contribution < -0.4 is 5.32 Å². The molecule has 0 atom stereocenters. The third-order valence-corrected chi connectivity index (χ3v) is 4.51. The second-order valence-corrected chi connectivity index (χ2v) is 5.30. The van der Waals surface area contributed by atoms with Crippen LogP contribution in [0.2, 0.25) is 0 Å². The molecule has 2 aliphatic rings. The molecule has 2 heterocycles. The lowest BCUT2D eigenvalue weighted by Gasteiger charge is -2.38. The summed E-state index contributed by atoms with van der Waals surface area (Å²) in [6.07, 6.45) is 5.92. The molecule has 0 bridgehead atoms. The second-order valence-electron chi connectivity index (χ2n) is 4.44. The van der Waals surface area contributed by atoms with E-state index in [0.717, 1.165) is 16.8 Å². The van der Waals surface area contributed by atoms with Crippen LogP contribution in [-0.4, -0.2) is 11.5 Å². The van der Waals surface area contributed by atoms with Crippen molar-refractivity contribution in [3.63, 3.8) is 0 Å². The van der Waals surface area contributed by atoms with Gasteiger partial charge in [0.05, 0.1) is 0 Å². The lowest BCUT2D eigenvalue weighted by molar-refractivity contribution is 0.271. The van der Waals surface area contributed by atoms with Crippen molar-refractivity contribution < 1.29 is 0 Å². The van der Waals surface area contributed by atoms with Gasteiger partial charge in [-0.25, -0.2) is 4.98 Å². The monoisotopic (exact) mass is 252 g/mol. The van der Waals surface area contributed by atoms with Crippen molar-refractivity contribution in [3.8, 4) is 0 Å². The zero-order valence-corrected chi connectivity index (χ0v) is 9.82. The Morgan fingerprint density at radius 2 is 2.29 bits per heavy atom. The molecular weight excluding hydrogens is 240 g/mol. The van der Waals surface area contributed by atoms with E-state index in [9.17, 15) is 0 Å². The van der Waals surface area contributed by atoms with Gasteiger partial charge in [0.15, 0.2) is 0 Å². The van der Waals surface area contributed by atoms with Gasteiger partial charge in [0.1, 0.15) is 5.82 Å². The molecule has 0 amide bonds. The number of pyridine rings is 1. The van der Waals surface area contributed by atoms with Crippen molar-refractivity contribution in [2.24, 2.45) is 0 Å². The van der Waals surface area contributed by atoms with Gasteiger partial charge < -0.3 is 5.32 Å². The van der Waals surface area contributed by atoms with Gasteiger partial charge in [-0.2, -0.15) is 0 Å². The smallest absolute Gasteiger partial charge is 0.130 e. The van der Waals surface area contributed by atoms with Gasteiger partial charge in [0.25, 0.3) is 0 Å². The summed E-state index contributed by atoms with van der Waals surface area (Å²) in [6.45, 7) is 3.28. The van der Waals surface area contributed by atoms with E-state index in [1.54, 1.807) is 0 Å². The molecule has 0 unspecified atom stereocenters. The van der Waals surface area contributed by atoms with Crippen LogP contribution >= 0.6 is 15.9 Å². The predicted molar refractivity (Wildman–Crippen MR) is 60.7 cm³/mol.